The first-order chi connectivity index (χ1) is 8.00. The zero-order valence-corrected chi connectivity index (χ0v) is 16.0. The van der Waals surface area contributed by atoms with Crippen LogP contribution in [0.15, 0.2) is 0 Å². The van der Waals surface area contributed by atoms with Crippen LogP contribution in [0.1, 0.15) is 170 Å². The van der Waals surface area contributed by atoms with Gasteiger partial charge in [0.05, 0.1) is 0 Å². The first kappa shape index (κ1) is 198. The normalized spacial score (nSPS) is 2.00. The Balaban J connectivity index is -0.00000000208. The molecule has 0 unspecified atom stereocenters. The molecule has 0 aromatic heterocycles. The van der Waals surface area contributed by atoms with Crippen molar-refractivity contribution < 1.29 is 0 Å². The van der Waals surface area contributed by atoms with E-state index < -0.39 is 0 Å². The summed E-state index contributed by atoms with van der Waals surface area (Å²) < 4.78 is 0. The number of hydrogen-bond donors (Lipinski definition) is 0. The van der Waals surface area contributed by atoms with Crippen molar-refractivity contribution in [2.45, 2.75) is 170 Å². The Hall–Kier alpha value is 0. The SMILES string of the molecule is C.C.C.C.C.C.C.C.CC.CC.CC.CC.CC.CC.CC.CC. The summed E-state index contributed by atoms with van der Waals surface area (Å²) >= 11 is 0. The van der Waals surface area contributed by atoms with Crippen LogP contribution >= 0.6 is 0 Å². The highest BCUT2D eigenvalue weighted by Crippen LogP contribution is 1.16. The van der Waals surface area contributed by atoms with Crippen molar-refractivity contribution in [3.8, 4) is 0 Å². The van der Waals surface area contributed by atoms with Gasteiger partial charge >= 0.3 is 0 Å². The fourth-order valence-electron chi connectivity index (χ4n) is 0. The Bertz CT molecular complexity index is 0. The molecule has 0 spiro atoms. The first-order valence-electron chi connectivity index (χ1n) is 8.00. The van der Waals surface area contributed by atoms with E-state index in [9.17, 15) is 0 Å². The fraction of sp³-hybridized carbons (Fsp3) is 1.00. The first-order valence-corrected chi connectivity index (χ1v) is 8.00. The molecule has 0 N–H and O–H groups in total. The maximum absolute atomic E-state index is 2.00. The molecule has 0 nitrogen and oxygen atoms in total. The van der Waals surface area contributed by atoms with E-state index in [1.165, 1.54) is 0 Å². The average Bonchev–Trinajstić information content (AvgIpc) is 2.54. The molecule has 0 bridgehead atoms. The Morgan fingerprint density at radius 1 is 0.125 bits per heavy atom. The third-order valence-corrected chi connectivity index (χ3v) is 0. The Morgan fingerprint density at radius 3 is 0.125 bits per heavy atom. The predicted molar refractivity (Wildman–Crippen MR) is 145 cm³/mol. The zero-order chi connectivity index (χ0) is 16.0. The van der Waals surface area contributed by atoms with E-state index in [0.29, 0.717) is 0 Å². The van der Waals surface area contributed by atoms with Crippen molar-refractivity contribution in [2.24, 2.45) is 0 Å². The Kier molecular flexibility index (Phi) is 0. The summed E-state index contributed by atoms with van der Waals surface area (Å²) in [5, 5.41) is 0. The van der Waals surface area contributed by atoms with Gasteiger partial charge in [-0.1, -0.05) is 170 Å². The van der Waals surface area contributed by atoms with Crippen molar-refractivity contribution in [3.05, 3.63) is 0 Å². The molecule has 0 aromatic carbocycles. The molecule has 0 aliphatic heterocycles. The van der Waals surface area contributed by atoms with Gasteiger partial charge in [0.25, 0.3) is 0 Å². The topological polar surface area (TPSA) is 0 Å². The third-order valence-electron chi connectivity index (χ3n) is 0. The molecule has 0 radical (unpaired) electrons. The van der Waals surface area contributed by atoms with E-state index in [0.717, 1.165) is 0 Å². The van der Waals surface area contributed by atoms with Crippen molar-refractivity contribution in [3.63, 3.8) is 0 Å². The molecule has 0 aliphatic rings. The summed E-state index contributed by atoms with van der Waals surface area (Å²) in [7, 11) is 0. The van der Waals surface area contributed by atoms with Gasteiger partial charge in [-0.2, -0.15) is 0 Å². The van der Waals surface area contributed by atoms with Crippen LogP contribution in [0, 0.1) is 0 Å². The van der Waals surface area contributed by atoms with Gasteiger partial charge in [-0.25, -0.2) is 0 Å². The van der Waals surface area contributed by atoms with E-state index >= 15 is 0 Å². The Labute approximate surface area is 170 Å². The van der Waals surface area contributed by atoms with Crippen molar-refractivity contribution in [1.82, 2.24) is 0 Å². The highest BCUT2D eigenvalue weighted by molar-refractivity contribution is 3.52. The predicted octanol–water partition coefficient (Wildman–Crippen LogP) is 13.3. The lowest BCUT2D eigenvalue weighted by Gasteiger charge is -1.07. The van der Waals surface area contributed by atoms with Crippen molar-refractivity contribution in [1.29, 1.82) is 0 Å². The van der Waals surface area contributed by atoms with E-state index in [4.69, 9.17) is 0 Å². The average molecular weight is 369 g/mol. The second-order valence-electron chi connectivity index (χ2n) is 0. The number of rotatable bonds is 0. The molecule has 0 aromatic rings. The van der Waals surface area contributed by atoms with E-state index in [1.54, 1.807) is 0 Å². The summed E-state index contributed by atoms with van der Waals surface area (Å²) in [6.07, 6.45) is 0. The molecule has 0 heterocycles. The van der Waals surface area contributed by atoms with Gasteiger partial charge in [0.2, 0.25) is 0 Å². The summed E-state index contributed by atoms with van der Waals surface area (Å²) in [4.78, 5) is 0. The summed E-state index contributed by atoms with van der Waals surface area (Å²) in [5.41, 5.74) is 0. The molecular formula is C24H80. The minimum Gasteiger partial charge on any atom is -0.0776 e. The van der Waals surface area contributed by atoms with E-state index in [-0.39, 0.29) is 59.4 Å². The van der Waals surface area contributed by atoms with Gasteiger partial charge in [-0.3, -0.25) is 0 Å². The minimum absolute atomic E-state index is 0. The van der Waals surface area contributed by atoms with Gasteiger partial charge in [0.1, 0.15) is 0 Å². The molecule has 0 heteroatoms. The third kappa shape index (κ3) is 0. The van der Waals surface area contributed by atoms with Gasteiger partial charge in [0, 0.05) is 0 Å². The van der Waals surface area contributed by atoms with Gasteiger partial charge < -0.3 is 0 Å². The molecule has 0 aliphatic carbocycles. The highest BCUT2D eigenvalue weighted by Gasteiger charge is 0.946. The lowest BCUT2D eigenvalue weighted by atomic mass is 11.0. The van der Waals surface area contributed by atoms with Crippen molar-refractivity contribution >= 4 is 0 Å². The molecule has 24 heavy (non-hydrogen) atoms. The van der Waals surface area contributed by atoms with Crippen LogP contribution in [0.2, 0.25) is 0 Å². The lowest BCUT2D eigenvalue weighted by molar-refractivity contribution is 1.50. The minimum atomic E-state index is 0. The number of hydrogen-bond acceptors (Lipinski definition) is 0. The van der Waals surface area contributed by atoms with Crippen LogP contribution in [0.4, 0.5) is 0 Å². The summed E-state index contributed by atoms with van der Waals surface area (Å²) in [5.74, 6) is 0. The van der Waals surface area contributed by atoms with Crippen LogP contribution in [0.25, 0.3) is 0 Å². The monoisotopic (exact) mass is 369 g/mol. The van der Waals surface area contributed by atoms with Crippen LogP contribution in [0.5, 0.6) is 0 Å². The standard InChI is InChI=1S/8C2H6.8CH4/c8*1-2;;;;;;;;/h8*1-2H3;8*1H4. The molecule has 0 amide bonds. The second kappa shape index (κ2) is 0. The molecular weight excluding hydrogens is 288 g/mol. The fourth-order valence-corrected chi connectivity index (χ4v) is 0. The quantitative estimate of drug-likeness (QED) is 0.398. The molecule has 0 atom stereocenters. The molecule has 176 valence electrons. The zero-order valence-electron chi connectivity index (χ0n) is 16.0. The van der Waals surface area contributed by atoms with Gasteiger partial charge in [-0.15, -0.1) is 0 Å². The molecule has 0 fully saturated rings. The van der Waals surface area contributed by atoms with E-state index in [2.05, 4.69) is 0 Å². The van der Waals surface area contributed by atoms with E-state index in [1.807, 2.05) is 111 Å². The smallest absolute Gasteiger partial charge is 0.0683 e. The maximum atomic E-state index is 2.00. The molecule has 0 saturated heterocycles. The van der Waals surface area contributed by atoms with Crippen LogP contribution < -0.4 is 0 Å². The molecule has 0 saturated carbocycles. The maximum Gasteiger partial charge on any atom is -0.0683 e. The summed E-state index contributed by atoms with van der Waals surface area (Å²) in [6, 6.07) is 0. The second-order valence-corrected chi connectivity index (χ2v) is 0. The molecule has 0 rings (SSSR count). The van der Waals surface area contributed by atoms with Gasteiger partial charge in [0.15, 0.2) is 0 Å². The van der Waals surface area contributed by atoms with Crippen LogP contribution in [-0.2, 0) is 0 Å². The largest absolute Gasteiger partial charge is 0.0776 e. The van der Waals surface area contributed by atoms with Crippen LogP contribution in [-0.4, -0.2) is 0 Å². The van der Waals surface area contributed by atoms with Crippen molar-refractivity contribution in [2.75, 3.05) is 0 Å². The Morgan fingerprint density at radius 2 is 0.125 bits per heavy atom. The summed E-state index contributed by atoms with van der Waals surface area (Å²) in [6.45, 7) is 32.0. The highest BCUT2D eigenvalue weighted by atomic mass is 13.0. The van der Waals surface area contributed by atoms with Crippen LogP contribution in [0.3, 0.4) is 0 Å². The lowest BCUT2D eigenvalue weighted by Crippen LogP contribution is -0.856. The van der Waals surface area contributed by atoms with Gasteiger partial charge in [-0.05, 0) is 0 Å².